The summed E-state index contributed by atoms with van der Waals surface area (Å²) >= 11 is 0. The van der Waals surface area contributed by atoms with Crippen LogP contribution in [0.3, 0.4) is 0 Å². The van der Waals surface area contributed by atoms with E-state index in [1.165, 1.54) is 5.56 Å². The van der Waals surface area contributed by atoms with Crippen molar-refractivity contribution < 1.29 is 19.0 Å². The van der Waals surface area contributed by atoms with Crippen LogP contribution in [0.4, 0.5) is 0 Å². The van der Waals surface area contributed by atoms with E-state index in [1.807, 2.05) is 12.1 Å². The van der Waals surface area contributed by atoms with Crippen LogP contribution >= 0.6 is 0 Å². The molecule has 1 aliphatic carbocycles. The number of ether oxygens (including phenoxy) is 3. The van der Waals surface area contributed by atoms with Crippen molar-refractivity contribution in [2.45, 2.75) is 31.3 Å². The Bertz CT molecular complexity index is 495. The molecule has 1 aromatic carbocycles. The normalized spacial score (nSPS) is 25.1. The molecule has 1 aromatic rings. The topological polar surface area (TPSA) is 44.8 Å². The lowest BCUT2D eigenvalue weighted by molar-refractivity contribution is -0.155. The second-order valence-electron chi connectivity index (χ2n) is 4.86. The molecule has 1 fully saturated rings. The van der Waals surface area contributed by atoms with Gasteiger partial charge in [0.2, 0.25) is 0 Å². The summed E-state index contributed by atoms with van der Waals surface area (Å²) in [7, 11) is 3.30. The molecular weight excluding hydrogens is 232 g/mol. The Hall–Kier alpha value is -1.71. The Kier molecular flexibility index (Phi) is 2.65. The number of rotatable bonds is 2. The maximum absolute atomic E-state index is 11.5. The molecule has 4 heteroatoms. The van der Waals surface area contributed by atoms with Crippen LogP contribution in [0, 0.1) is 0 Å². The molecule has 4 nitrogen and oxygen atoms in total. The highest BCUT2D eigenvalue weighted by atomic mass is 16.5. The molecule has 1 aliphatic heterocycles. The van der Waals surface area contributed by atoms with Crippen LogP contribution in [0.15, 0.2) is 12.1 Å². The zero-order chi connectivity index (χ0) is 12.7. The van der Waals surface area contributed by atoms with Crippen molar-refractivity contribution in [1.29, 1.82) is 0 Å². The van der Waals surface area contributed by atoms with Crippen molar-refractivity contribution in [3.8, 4) is 11.5 Å². The van der Waals surface area contributed by atoms with Gasteiger partial charge in [0.15, 0.2) is 0 Å². The van der Waals surface area contributed by atoms with E-state index in [1.54, 1.807) is 14.2 Å². The van der Waals surface area contributed by atoms with Crippen molar-refractivity contribution in [2.75, 3.05) is 14.2 Å². The molecule has 0 N–H and O–H groups in total. The summed E-state index contributed by atoms with van der Waals surface area (Å²) in [5, 5.41) is 0. The predicted octanol–water partition coefficient (Wildman–Crippen LogP) is 2.05. The largest absolute Gasteiger partial charge is 0.497 e. The smallest absolute Gasteiger partial charge is 0.306 e. The Morgan fingerprint density at radius 3 is 2.78 bits per heavy atom. The van der Waals surface area contributed by atoms with Gasteiger partial charge in [-0.05, 0) is 18.1 Å². The van der Waals surface area contributed by atoms with Gasteiger partial charge in [-0.2, -0.15) is 0 Å². The van der Waals surface area contributed by atoms with E-state index in [-0.39, 0.29) is 18.0 Å². The molecule has 3 rings (SSSR count). The number of methoxy groups -OCH3 is 2. The van der Waals surface area contributed by atoms with Gasteiger partial charge in [0.25, 0.3) is 0 Å². The highest BCUT2D eigenvalue weighted by molar-refractivity contribution is 5.73. The van der Waals surface area contributed by atoms with Crippen molar-refractivity contribution in [3.63, 3.8) is 0 Å². The summed E-state index contributed by atoms with van der Waals surface area (Å²) in [6.45, 7) is 0. The first kappa shape index (κ1) is 11.4. The van der Waals surface area contributed by atoms with Crippen LogP contribution in [0.2, 0.25) is 0 Å². The van der Waals surface area contributed by atoms with Gasteiger partial charge in [0, 0.05) is 24.0 Å². The lowest BCUT2D eigenvalue weighted by atomic mass is 9.77. The zero-order valence-electron chi connectivity index (χ0n) is 10.6. The quantitative estimate of drug-likeness (QED) is 0.751. The number of benzene rings is 1. The van der Waals surface area contributed by atoms with E-state index in [4.69, 9.17) is 14.2 Å². The van der Waals surface area contributed by atoms with E-state index in [0.29, 0.717) is 6.42 Å². The molecule has 0 spiro atoms. The third kappa shape index (κ3) is 1.72. The fraction of sp³-hybridized carbons (Fsp3) is 0.500. The first-order valence-electron chi connectivity index (χ1n) is 6.15. The van der Waals surface area contributed by atoms with Crippen LogP contribution in [0.25, 0.3) is 0 Å². The third-order valence-electron chi connectivity index (χ3n) is 3.77. The summed E-state index contributed by atoms with van der Waals surface area (Å²) in [5.41, 5.74) is 2.34. The minimum atomic E-state index is -0.0974. The summed E-state index contributed by atoms with van der Waals surface area (Å²) in [5.74, 6) is 1.74. The fourth-order valence-electron chi connectivity index (χ4n) is 3.05. The van der Waals surface area contributed by atoms with Crippen LogP contribution in [0.1, 0.15) is 29.9 Å². The third-order valence-corrected chi connectivity index (χ3v) is 3.77. The van der Waals surface area contributed by atoms with Gasteiger partial charge in [0.1, 0.15) is 17.6 Å². The highest BCUT2D eigenvalue weighted by Crippen LogP contribution is 2.45. The summed E-state index contributed by atoms with van der Waals surface area (Å²) in [4.78, 5) is 11.5. The number of esters is 1. The van der Waals surface area contributed by atoms with E-state index in [0.717, 1.165) is 29.9 Å². The maximum atomic E-state index is 11.5. The standard InChI is InChI=1S/C14H16O4/c1-16-10-3-8-4-11-5-9(6-13(15)18-11)14(8)12(7-10)17-2/h3,7,9,11H,4-6H2,1-2H3/t9-,11+/m0/s1. The van der Waals surface area contributed by atoms with E-state index < -0.39 is 0 Å². The monoisotopic (exact) mass is 248 g/mol. The van der Waals surface area contributed by atoms with E-state index in [9.17, 15) is 4.79 Å². The lowest BCUT2D eigenvalue weighted by Crippen LogP contribution is -2.34. The molecule has 0 unspecified atom stereocenters. The molecule has 0 saturated carbocycles. The molecule has 1 saturated heterocycles. The molecule has 96 valence electrons. The van der Waals surface area contributed by atoms with Crippen LogP contribution in [-0.2, 0) is 16.0 Å². The zero-order valence-corrected chi connectivity index (χ0v) is 10.6. The molecule has 0 aromatic heterocycles. The number of carbonyl (C=O) groups is 1. The summed E-state index contributed by atoms with van der Waals surface area (Å²) < 4.78 is 16.1. The van der Waals surface area contributed by atoms with Gasteiger partial charge in [-0.15, -0.1) is 0 Å². The van der Waals surface area contributed by atoms with Crippen molar-refractivity contribution in [2.24, 2.45) is 0 Å². The molecule has 18 heavy (non-hydrogen) atoms. The van der Waals surface area contributed by atoms with Crippen LogP contribution in [0.5, 0.6) is 11.5 Å². The van der Waals surface area contributed by atoms with E-state index >= 15 is 0 Å². The summed E-state index contributed by atoms with van der Waals surface area (Å²) in [6, 6.07) is 3.91. The Morgan fingerprint density at radius 2 is 2.06 bits per heavy atom. The first-order valence-corrected chi connectivity index (χ1v) is 6.15. The molecule has 2 bridgehead atoms. The Labute approximate surface area is 106 Å². The van der Waals surface area contributed by atoms with Crippen molar-refractivity contribution >= 4 is 5.97 Å². The summed E-state index contributed by atoms with van der Waals surface area (Å²) in [6.07, 6.45) is 2.12. The van der Waals surface area contributed by atoms with Gasteiger partial charge in [0.05, 0.1) is 20.6 Å². The number of carbonyl (C=O) groups excluding carboxylic acids is 1. The lowest BCUT2D eigenvalue weighted by Gasteiger charge is -2.36. The van der Waals surface area contributed by atoms with Gasteiger partial charge in [-0.3, -0.25) is 4.79 Å². The van der Waals surface area contributed by atoms with Crippen LogP contribution in [-0.4, -0.2) is 26.3 Å². The first-order chi connectivity index (χ1) is 8.71. The molecular formula is C14H16O4. The Morgan fingerprint density at radius 1 is 1.22 bits per heavy atom. The molecule has 2 aliphatic rings. The number of fused-ring (bicyclic) bond motifs is 4. The average molecular weight is 248 g/mol. The molecule has 1 heterocycles. The fourth-order valence-corrected chi connectivity index (χ4v) is 3.05. The van der Waals surface area contributed by atoms with Gasteiger partial charge in [-0.25, -0.2) is 0 Å². The predicted molar refractivity (Wildman–Crippen MR) is 65.1 cm³/mol. The second kappa shape index (κ2) is 4.19. The molecule has 2 atom stereocenters. The van der Waals surface area contributed by atoms with Crippen molar-refractivity contribution in [1.82, 2.24) is 0 Å². The number of hydrogen-bond acceptors (Lipinski definition) is 4. The maximum Gasteiger partial charge on any atom is 0.306 e. The minimum absolute atomic E-state index is 0.0144. The number of hydrogen-bond donors (Lipinski definition) is 0. The van der Waals surface area contributed by atoms with Crippen LogP contribution < -0.4 is 9.47 Å². The highest BCUT2D eigenvalue weighted by Gasteiger charge is 2.37. The Balaban J connectivity index is 2.10. The van der Waals surface area contributed by atoms with Gasteiger partial charge < -0.3 is 14.2 Å². The molecule has 0 amide bonds. The van der Waals surface area contributed by atoms with E-state index in [2.05, 4.69) is 0 Å². The second-order valence-corrected chi connectivity index (χ2v) is 4.86. The SMILES string of the molecule is COc1cc2c(c(OC)c1)[C@@H]1CC(=O)O[C@H](C2)C1. The average Bonchev–Trinajstić information content (AvgIpc) is 2.36. The van der Waals surface area contributed by atoms with Gasteiger partial charge >= 0.3 is 5.97 Å². The minimum Gasteiger partial charge on any atom is -0.497 e. The molecule has 0 radical (unpaired) electrons. The van der Waals surface area contributed by atoms with Crippen molar-refractivity contribution in [3.05, 3.63) is 23.3 Å². The van der Waals surface area contributed by atoms with Gasteiger partial charge in [-0.1, -0.05) is 0 Å².